The molecule has 0 atom stereocenters. The van der Waals surface area contributed by atoms with Crippen molar-refractivity contribution in [3.63, 3.8) is 0 Å². The van der Waals surface area contributed by atoms with E-state index in [1.165, 1.54) is 0 Å². The summed E-state index contributed by atoms with van der Waals surface area (Å²) in [6.45, 7) is 5.93. The van der Waals surface area contributed by atoms with Crippen LogP contribution in [0.25, 0.3) is 0 Å². The average Bonchev–Trinajstić information content (AvgIpc) is 3.08. The Morgan fingerprint density at radius 3 is 2.64 bits per heavy atom. The molecule has 2 heterocycles. The Kier molecular flexibility index (Phi) is 5.16. The van der Waals surface area contributed by atoms with Gasteiger partial charge in [0.15, 0.2) is 0 Å². The molecule has 1 aliphatic heterocycles. The molecule has 1 aromatic heterocycles. The van der Waals surface area contributed by atoms with Crippen molar-refractivity contribution in [2.45, 2.75) is 33.2 Å². The van der Waals surface area contributed by atoms with Gasteiger partial charge in [0.1, 0.15) is 12.4 Å². The lowest BCUT2D eigenvalue weighted by atomic mass is 10.2. The number of nitrogens with zero attached hydrogens (tertiary/aromatic N) is 4. The van der Waals surface area contributed by atoms with Crippen LogP contribution in [-0.4, -0.2) is 45.9 Å². The second kappa shape index (κ2) is 7.51. The van der Waals surface area contributed by atoms with E-state index in [0.717, 1.165) is 23.5 Å². The summed E-state index contributed by atoms with van der Waals surface area (Å²) in [6, 6.07) is 7.90. The van der Waals surface area contributed by atoms with Crippen LogP contribution in [0.15, 0.2) is 36.7 Å². The third kappa shape index (κ3) is 3.90. The predicted molar refractivity (Wildman–Crippen MR) is 96.3 cm³/mol. The Morgan fingerprint density at radius 1 is 1.20 bits per heavy atom. The number of aryl methyl sites for hydroxylation is 3. The van der Waals surface area contributed by atoms with E-state index in [2.05, 4.69) is 4.98 Å². The molecule has 2 aromatic rings. The Labute approximate surface area is 148 Å². The maximum atomic E-state index is 12.4. The van der Waals surface area contributed by atoms with Crippen molar-refractivity contribution >= 4 is 17.5 Å². The molecule has 1 aliphatic rings. The molecule has 2 amide bonds. The summed E-state index contributed by atoms with van der Waals surface area (Å²) in [6.07, 6.45) is 4.88. The number of piperazine rings is 1. The monoisotopic (exact) mass is 340 g/mol. The summed E-state index contributed by atoms with van der Waals surface area (Å²) in [4.78, 5) is 32.6. The Hall–Kier alpha value is -2.63. The second-order valence-corrected chi connectivity index (χ2v) is 6.34. The molecule has 0 spiro atoms. The van der Waals surface area contributed by atoms with Crippen molar-refractivity contribution in [3.8, 4) is 0 Å². The molecule has 0 unspecified atom stereocenters. The lowest BCUT2D eigenvalue weighted by Gasteiger charge is -2.34. The standard InChI is InChI=1S/C19H24N4O2/c1-3-17-20-9-11-21(17)10-8-18(24)22-12-13-23(19(25)14-22)16-6-4-15(2)5-7-16/h4-7,9,11H,3,8,10,12-14H2,1-2H3. The average molecular weight is 340 g/mol. The Balaban J connectivity index is 1.56. The molecule has 0 aliphatic carbocycles. The van der Waals surface area contributed by atoms with Gasteiger partial charge >= 0.3 is 0 Å². The van der Waals surface area contributed by atoms with Crippen LogP contribution in [0.4, 0.5) is 5.69 Å². The summed E-state index contributed by atoms with van der Waals surface area (Å²) in [5.74, 6) is 0.973. The number of amides is 2. The number of hydrogen-bond acceptors (Lipinski definition) is 3. The molecule has 25 heavy (non-hydrogen) atoms. The first-order valence-electron chi connectivity index (χ1n) is 8.73. The van der Waals surface area contributed by atoms with Crippen LogP contribution in [0.1, 0.15) is 24.7 Å². The zero-order valence-corrected chi connectivity index (χ0v) is 14.8. The maximum Gasteiger partial charge on any atom is 0.246 e. The third-order valence-electron chi connectivity index (χ3n) is 4.60. The minimum atomic E-state index is -0.0275. The minimum Gasteiger partial charge on any atom is -0.334 e. The summed E-state index contributed by atoms with van der Waals surface area (Å²) >= 11 is 0. The van der Waals surface area contributed by atoms with Gasteiger partial charge < -0.3 is 14.4 Å². The first kappa shape index (κ1) is 17.2. The quantitative estimate of drug-likeness (QED) is 0.837. The number of hydrogen-bond donors (Lipinski definition) is 0. The first-order chi connectivity index (χ1) is 12.1. The largest absolute Gasteiger partial charge is 0.334 e. The molecule has 0 bridgehead atoms. The predicted octanol–water partition coefficient (Wildman–Crippen LogP) is 2.02. The van der Waals surface area contributed by atoms with Crippen molar-refractivity contribution in [1.29, 1.82) is 0 Å². The molecule has 1 aromatic carbocycles. The van der Waals surface area contributed by atoms with Gasteiger partial charge in [-0.25, -0.2) is 4.98 Å². The smallest absolute Gasteiger partial charge is 0.246 e. The van der Waals surface area contributed by atoms with Crippen molar-refractivity contribution in [2.75, 3.05) is 24.5 Å². The summed E-state index contributed by atoms with van der Waals surface area (Å²) in [5.41, 5.74) is 2.06. The molecular weight excluding hydrogens is 316 g/mol. The Bertz CT molecular complexity index is 751. The summed E-state index contributed by atoms with van der Waals surface area (Å²) in [7, 11) is 0. The van der Waals surface area contributed by atoms with Crippen LogP contribution in [0.2, 0.25) is 0 Å². The number of anilines is 1. The topological polar surface area (TPSA) is 58.4 Å². The van der Waals surface area contributed by atoms with Gasteiger partial charge in [-0.3, -0.25) is 9.59 Å². The highest BCUT2D eigenvalue weighted by Gasteiger charge is 2.27. The van der Waals surface area contributed by atoms with Gasteiger partial charge in [0, 0.05) is 50.6 Å². The van der Waals surface area contributed by atoms with Crippen LogP contribution in [0.5, 0.6) is 0 Å². The molecule has 0 radical (unpaired) electrons. The van der Waals surface area contributed by atoms with Gasteiger partial charge in [-0.1, -0.05) is 24.6 Å². The van der Waals surface area contributed by atoms with E-state index in [9.17, 15) is 9.59 Å². The van der Waals surface area contributed by atoms with Crippen LogP contribution in [-0.2, 0) is 22.6 Å². The normalized spacial score (nSPS) is 14.9. The van der Waals surface area contributed by atoms with Gasteiger partial charge in [0.25, 0.3) is 0 Å². The number of aromatic nitrogens is 2. The molecule has 6 heteroatoms. The lowest BCUT2D eigenvalue weighted by molar-refractivity contribution is -0.137. The van der Waals surface area contributed by atoms with E-state index in [0.29, 0.717) is 26.1 Å². The van der Waals surface area contributed by atoms with Gasteiger partial charge in [-0.15, -0.1) is 0 Å². The fourth-order valence-electron chi connectivity index (χ4n) is 3.12. The van der Waals surface area contributed by atoms with Crippen molar-refractivity contribution in [3.05, 3.63) is 48.0 Å². The Morgan fingerprint density at radius 2 is 1.96 bits per heavy atom. The second-order valence-electron chi connectivity index (χ2n) is 6.34. The van der Waals surface area contributed by atoms with E-state index in [-0.39, 0.29) is 18.4 Å². The van der Waals surface area contributed by atoms with E-state index in [4.69, 9.17) is 0 Å². The fraction of sp³-hybridized carbons (Fsp3) is 0.421. The summed E-state index contributed by atoms with van der Waals surface area (Å²) in [5, 5.41) is 0. The van der Waals surface area contributed by atoms with Crippen molar-refractivity contribution in [1.82, 2.24) is 14.5 Å². The highest BCUT2D eigenvalue weighted by molar-refractivity contribution is 5.97. The van der Waals surface area contributed by atoms with Crippen molar-refractivity contribution in [2.24, 2.45) is 0 Å². The first-order valence-corrected chi connectivity index (χ1v) is 8.73. The van der Waals surface area contributed by atoms with E-state index in [1.54, 1.807) is 16.0 Å². The van der Waals surface area contributed by atoms with Crippen molar-refractivity contribution < 1.29 is 9.59 Å². The zero-order chi connectivity index (χ0) is 17.8. The molecule has 6 nitrogen and oxygen atoms in total. The highest BCUT2D eigenvalue weighted by atomic mass is 16.2. The number of carbonyl (C=O) groups is 2. The van der Waals surface area contributed by atoms with E-state index >= 15 is 0 Å². The lowest BCUT2D eigenvalue weighted by Crippen LogP contribution is -2.52. The van der Waals surface area contributed by atoms with Crippen LogP contribution in [0, 0.1) is 6.92 Å². The minimum absolute atomic E-state index is 0.0210. The van der Waals surface area contributed by atoms with Gasteiger partial charge in [-0.2, -0.15) is 0 Å². The highest BCUT2D eigenvalue weighted by Crippen LogP contribution is 2.18. The molecule has 1 saturated heterocycles. The molecular formula is C19H24N4O2. The number of rotatable bonds is 5. The molecule has 1 fully saturated rings. The molecule has 0 saturated carbocycles. The van der Waals surface area contributed by atoms with Crippen LogP contribution < -0.4 is 4.90 Å². The SMILES string of the molecule is CCc1nccn1CCC(=O)N1CCN(c2ccc(C)cc2)C(=O)C1. The molecule has 0 N–H and O–H groups in total. The molecule has 132 valence electrons. The van der Waals surface area contributed by atoms with Gasteiger partial charge in [0.05, 0.1) is 0 Å². The fourth-order valence-corrected chi connectivity index (χ4v) is 3.12. The zero-order valence-electron chi connectivity index (χ0n) is 14.8. The maximum absolute atomic E-state index is 12.4. The summed E-state index contributed by atoms with van der Waals surface area (Å²) < 4.78 is 2.00. The van der Waals surface area contributed by atoms with Crippen LogP contribution >= 0.6 is 0 Å². The van der Waals surface area contributed by atoms with E-state index < -0.39 is 0 Å². The van der Waals surface area contributed by atoms with E-state index in [1.807, 2.05) is 48.9 Å². The number of benzene rings is 1. The van der Waals surface area contributed by atoms with Gasteiger partial charge in [0.2, 0.25) is 11.8 Å². The third-order valence-corrected chi connectivity index (χ3v) is 4.60. The number of imidazole rings is 1. The van der Waals surface area contributed by atoms with Crippen LogP contribution in [0.3, 0.4) is 0 Å². The number of carbonyl (C=O) groups excluding carboxylic acids is 2. The van der Waals surface area contributed by atoms with Gasteiger partial charge in [-0.05, 0) is 19.1 Å². The molecule has 3 rings (SSSR count).